The van der Waals surface area contributed by atoms with E-state index >= 15 is 0 Å². The maximum Gasteiger partial charge on any atom is 0.217 e. The van der Waals surface area contributed by atoms with Crippen LogP contribution >= 0.6 is 11.3 Å². The van der Waals surface area contributed by atoms with Crippen molar-refractivity contribution in [2.75, 3.05) is 13.2 Å². The van der Waals surface area contributed by atoms with Crippen molar-refractivity contribution >= 4 is 23.0 Å². The quantitative estimate of drug-likeness (QED) is 0.362. The Bertz CT molecular complexity index is 1140. The molecule has 0 aliphatic heterocycles. The molecular formula is C29H35NO4S. The number of hydrogen-bond acceptors (Lipinski definition) is 5. The maximum absolute atomic E-state index is 12.8. The van der Waals surface area contributed by atoms with Crippen LogP contribution in [0.1, 0.15) is 60.5 Å². The highest BCUT2D eigenvalue weighted by atomic mass is 32.1. The number of nitrogens with one attached hydrogen (secondary N) is 1. The van der Waals surface area contributed by atoms with Gasteiger partial charge in [0.15, 0.2) is 0 Å². The van der Waals surface area contributed by atoms with Crippen LogP contribution in [0.3, 0.4) is 0 Å². The highest BCUT2D eigenvalue weighted by Gasteiger charge is 2.32. The summed E-state index contributed by atoms with van der Waals surface area (Å²) < 4.78 is 5.91. The monoisotopic (exact) mass is 493 g/mol. The van der Waals surface area contributed by atoms with Gasteiger partial charge in [0.05, 0.1) is 29.2 Å². The second kappa shape index (κ2) is 11.3. The first kappa shape index (κ1) is 26.8. The van der Waals surface area contributed by atoms with Crippen LogP contribution in [0.2, 0.25) is 0 Å². The van der Waals surface area contributed by atoms with Crippen molar-refractivity contribution in [3.8, 4) is 10.4 Å². The standard InChI is InChI=1S/C29H35NO4S/c1-20-6-10-24(11-7-20)27(33)26-15-14-25(35-26)23-12-8-22(9-13-23)16-17-29(18-31,30-21(2)32)19-34-28(3,4)5/h6-15,31H,16-19H2,1-5H3,(H,30,32). The largest absolute Gasteiger partial charge is 0.394 e. The Balaban J connectivity index is 1.68. The molecule has 0 saturated heterocycles. The topological polar surface area (TPSA) is 75.6 Å². The lowest BCUT2D eigenvalue weighted by Crippen LogP contribution is -2.55. The van der Waals surface area contributed by atoms with Gasteiger partial charge < -0.3 is 15.2 Å². The van der Waals surface area contributed by atoms with Gasteiger partial charge in [0, 0.05) is 17.4 Å². The fourth-order valence-electron chi connectivity index (χ4n) is 3.74. The van der Waals surface area contributed by atoms with Crippen molar-refractivity contribution in [3.05, 3.63) is 82.2 Å². The number of benzene rings is 2. The first-order valence-corrected chi connectivity index (χ1v) is 12.7. The van der Waals surface area contributed by atoms with Crippen LogP contribution in [0.4, 0.5) is 0 Å². The molecule has 1 amide bonds. The zero-order valence-corrected chi connectivity index (χ0v) is 22.0. The molecule has 0 spiro atoms. The van der Waals surface area contributed by atoms with Gasteiger partial charge in [-0.3, -0.25) is 9.59 Å². The van der Waals surface area contributed by atoms with Crippen LogP contribution in [-0.4, -0.2) is 41.2 Å². The number of ether oxygens (including phenoxy) is 1. The van der Waals surface area contributed by atoms with Crippen molar-refractivity contribution in [1.29, 1.82) is 0 Å². The minimum absolute atomic E-state index is 0.0358. The molecule has 3 aromatic rings. The molecule has 6 heteroatoms. The summed E-state index contributed by atoms with van der Waals surface area (Å²) in [5.41, 5.74) is 2.76. The summed E-state index contributed by atoms with van der Waals surface area (Å²) in [4.78, 5) is 26.4. The molecule has 0 fully saturated rings. The van der Waals surface area contributed by atoms with E-state index in [4.69, 9.17) is 4.74 Å². The van der Waals surface area contributed by atoms with Crippen molar-refractivity contribution < 1.29 is 19.4 Å². The summed E-state index contributed by atoms with van der Waals surface area (Å²) in [7, 11) is 0. The third-order valence-corrected chi connectivity index (χ3v) is 6.93. The molecule has 0 aliphatic carbocycles. The lowest BCUT2D eigenvalue weighted by Gasteiger charge is -2.35. The van der Waals surface area contributed by atoms with E-state index in [9.17, 15) is 14.7 Å². The zero-order valence-electron chi connectivity index (χ0n) is 21.2. The molecule has 0 bridgehead atoms. The number of aliphatic hydroxyl groups excluding tert-OH is 1. The average Bonchev–Trinajstić information content (AvgIpc) is 3.31. The highest BCUT2D eigenvalue weighted by Crippen LogP contribution is 2.30. The molecule has 2 N–H and O–H groups in total. The van der Waals surface area contributed by atoms with E-state index in [1.807, 2.05) is 76.2 Å². The molecule has 1 atom stereocenters. The summed E-state index contributed by atoms with van der Waals surface area (Å²) in [5.74, 6) is -0.158. The zero-order chi connectivity index (χ0) is 25.6. The molecular weight excluding hydrogens is 458 g/mol. The first-order valence-electron chi connectivity index (χ1n) is 11.8. The van der Waals surface area contributed by atoms with Crippen LogP contribution in [0.25, 0.3) is 10.4 Å². The van der Waals surface area contributed by atoms with Crippen molar-refractivity contribution in [2.24, 2.45) is 0 Å². The predicted octanol–water partition coefficient (Wildman–Crippen LogP) is 5.57. The highest BCUT2D eigenvalue weighted by molar-refractivity contribution is 7.17. The minimum Gasteiger partial charge on any atom is -0.394 e. The number of amides is 1. The SMILES string of the molecule is CC(=O)NC(CO)(CCc1ccc(-c2ccc(C(=O)c3ccc(C)cc3)s2)cc1)COC(C)(C)C. The number of thiophene rings is 1. The second-order valence-electron chi connectivity index (χ2n) is 10.1. The van der Waals surface area contributed by atoms with Gasteiger partial charge >= 0.3 is 0 Å². The Morgan fingerprint density at radius 2 is 1.63 bits per heavy atom. The van der Waals surface area contributed by atoms with Crippen LogP contribution < -0.4 is 5.32 Å². The second-order valence-corrected chi connectivity index (χ2v) is 11.2. The van der Waals surface area contributed by atoms with Crippen LogP contribution in [0, 0.1) is 6.92 Å². The van der Waals surface area contributed by atoms with Gasteiger partial charge in [-0.05, 0) is 63.8 Å². The molecule has 186 valence electrons. The normalized spacial score (nSPS) is 13.3. The smallest absolute Gasteiger partial charge is 0.217 e. The minimum atomic E-state index is -0.837. The van der Waals surface area contributed by atoms with E-state index in [2.05, 4.69) is 17.4 Å². The van der Waals surface area contributed by atoms with Gasteiger partial charge in [-0.2, -0.15) is 0 Å². The Morgan fingerprint density at radius 1 is 0.971 bits per heavy atom. The lowest BCUT2D eigenvalue weighted by atomic mass is 9.92. The Morgan fingerprint density at radius 3 is 2.20 bits per heavy atom. The van der Waals surface area contributed by atoms with Crippen LogP contribution in [-0.2, 0) is 16.0 Å². The third-order valence-electron chi connectivity index (χ3n) is 5.80. The summed E-state index contributed by atoms with van der Waals surface area (Å²) in [6.45, 7) is 9.34. The molecule has 3 rings (SSSR count). The van der Waals surface area contributed by atoms with Gasteiger partial charge in [0.2, 0.25) is 11.7 Å². The summed E-state index contributed by atoms with van der Waals surface area (Å²) >= 11 is 1.49. The molecule has 35 heavy (non-hydrogen) atoms. The predicted molar refractivity (Wildman–Crippen MR) is 142 cm³/mol. The number of aryl methyl sites for hydroxylation is 2. The maximum atomic E-state index is 12.8. The van der Waals surface area contributed by atoms with E-state index in [0.717, 1.165) is 26.4 Å². The van der Waals surface area contributed by atoms with Gasteiger partial charge in [-0.25, -0.2) is 0 Å². The van der Waals surface area contributed by atoms with E-state index in [0.29, 0.717) is 18.4 Å². The van der Waals surface area contributed by atoms with Crippen molar-refractivity contribution in [2.45, 2.75) is 58.6 Å². The Kier molecular flexibility index (Phi) is 8.65. The molecule has 0 saturated carbocycles. The summed E-state index contributed by atoms with van der Waals surface area (Å²) in [6, 6.07) is 19.7. The fourth-order valence-corrected chi connectivity index (χ4v) is 4.72. The van der Waals surface area contributed by atoms with Crippen molar-refractivity contribution in [1.82, 2.24) is 5.32 Å². The van der Waals surface area contributed by atoms with E-state index in [1.54, 1.807) is 0 Å². The molecule has 1 unspecified atom stereocenters. The van der Waals surface area contributed by atoms with Gasteiger partial charge in [0.25, 0.3) is 0 Å². The number of rotatable bonds is 10. The Hall–Kier alpha value is -2.80. The first-order chi connectivity index (χ1) is 16.5. The summed E-state index contributed by atoms with van der Waals surface area (Å²) in [5, 5.41) is 13.0. The van der Waals surface area contributed by atoms with Crippen LogP contribution in [0.15, 0.2) is 60.7 Å². The lowest BCUT2D eigenvalue weighted by molar-refractivity contribution is -0.124. The van der Waals surface area contributed by atoms with E-state index in [-0.39, 0.29) is 30.5 Å². The molecule has 0 aliphatic rings. The van der Waals surface area contributed by atoms with E-state index in [1.165, 1.54) is 18.3 Å². The molecule has 5 nitrogen and oxygen atoms in total. The van der Waals surface area contributed by atoms with Gasteiger partial charge in [0.1, 0.15) is 0 Å². The fraction of sp³-hybridized carbons (Fsp3) is 0.379. The van der Waals surface area contributed by atoms with E-state index < -0.39 is 5.54 Å². The van der Waals surface area contributed by atoms with Gasteiger partial charge in [-0.15, -0.1) is 11.3 Å². The third kappa shape index (κ3) is 7.59. The van der Waals surface area contributed by atoms with Gasteiger partial charge in [-0.1, -0.05) is 54.1 Å². The molecule has 1 heterocycles. The number of ketones is 1. The molecule has 2 aromatic carbocycles. The number of hydrogen-bond donors (Lipinski definition) is 2. The number of carbonyl (C=O) groups excluding carboxylic acids is 2. The number of carbonyl (C=O) groups is 2. The van der Waals surface area contributed by atoms with Crippen LogP contribution in [0.5, 0.6) is 0 Å². The Labute approximate surface area is 212 Å². The molecule has 1 aromatic heterocycles. The van der Waals surface area contributed by atoms with Crippen molar-refractivity contribution in [3.63, 3.8) is 0 Å². The number of aliphatic hydroxyl groups is 1. The molecule has 0 radical (unpaired) electrons. The summed E-state index contributed by atoms with van der Waals surface area (Å²) in [6.07, 6.45) is 1.23. The average molecular weight is 494 g/mol.